The normalized spacial score (nSPS) is 10.9. The number of fused-ring (bicyclic) bond motifs is 2. The van der Waals surface area contributed by atoms with Crippen LogP contribution in [0.15, 0.2) is 53.3 Å². The number of aromatic nitrogens is 1. The number of carbonyl (C=O) groups excluding carboxylic acids is 2. The molecule has 0 aliphatic carbocycles. The maximum Gasteiger partial charge on any atom is 0.239 e. The first-order chi connectivity index (χ1) is 10.1. The van der Waals surface area contributed by atoms with Gasteiger partial charge in [0, 0.05) is 10.8 Å². The molecule has 4 heteroatoms. The number of hydrogen-bond donors (Lipinski definition) is 0. The van der Waals surface area contributed by atoms with Crippen LogP contribution in [0.25, 0.3) is 21.8 Å². The molecule has 0 unspecified atom stereocenters. The Morgan fingerprint density at radius 3 is 1.86 bits per heavy atom. The van der Waals surface area contributed by atoms with Gasteiger partial charge >= 0.3 is 0 Å². The van der Waals surface area contributed by atoms with E-state index in [0.29, 0.717) is 21.8 Å². The first kappa shape index (κ1) is 13.2. The number of carbonyl (C=O) groups is 2. The molecule has 0 aliphatic rings. The van der Waals surface area contributed by atoms with Crippen LogP contribution in [0.3, 0.4) is 0 Å². The number of rotatable bonds is 2. The molecular formula is C17H13NO3. The van der Waals surface area contributed by atoms with Crippen LogP contribution < -0.4 is 5.43 Å². The molecule has 0 saturated heterocycles. The second-order valence-corrected chi connectivity index (χ2v) is 4.97. The van der Waals surface area contributed by atoms with Crippen molar-refractivity contribution in [1.82, 2.24) is 4.57 Å². The van der Waals surface area contributed by atoms with E-state index in [1.807, 2.05) is 0 Å². The predicted molar refractivity (Wildman–Crippen MR) is 81.6 cm³/mol. The molecule has 0 N–H and O–H groups in total. The van der Waals surface area contributed by atoms with E-state index in [1.54, 1.807) is 48.5 Å². The average molecular weight is 279 g/mol. The molecule has 0 fully saturated rings. The van der Waals surface area contributed by atoms with E-state index in [2.05, 4.69) is 0 Å². The Kier molecular flexibility index (Phi) is 3.14. The third-order valence-corrected chi connectivity index (χ3v) is 3.43. The Hall–Kier alpha value is -2.75. The van der Waals surface area contributed by atoms with Crippen LogP contribution in [-0.4, -0.2) is 16.3 Å². The number of benzene rings is 2. The van der Waals surface area contributed by atoms with Crippen molar-refractivity contribution in [3.05, 3.63) is 58.8 Å². The largest absolute Gasteiger partial charge is 0.299 e. The average Bonchev–Trinajstić information content (AvgIpc) is 2.47. The SMILES string of the molecule is CC(=O)CC(=O)n1c2ccccc2c(=O)c2ccccc21. The molecule has 1 heterocycles. The van der Waals surface area contributed by atoms with Gasteiger partial charge in [0.25, 0.3) is 0 Å². The molecule has 104 valence electrons. The van der Waals surface area contributed by atoms with Gasteiger partial charge in [-0.1, -0.05) is 24.3 Å². The minimum absolute atomic E-state index is 0.104. The molecule has 0 atom stereocenters. The Morgan fingerprint density at radius 2 is 1.38 bits per heavy atom. The highest BCUT2D eigenvalue weighted by molar-refractivity contribution is 6.07. The van der Waals surface area contributed by atoms with Gasteiger partial charge in [-0.05, 0) is 31.2 Å². The Bertz CT molecular complexity index is 878. The van der Waals surface area contributed by atoms with Gasteiger partial charge in [0.05, 0.1) is 17.5 Å². The van der Waals surface area contributed by atoms with E-state index in [1.165, 1.54) is 11.5 Å². The number of Topliss-reactive ketones (excluding diaryl/α,β-unsaturated/α-hetero) is 1. The van der Waals surface area contributed by atoms with Crippen molar-refractivity contribution in [3.8, 4) is 0 Å². The lowest BCUT2D eigenvalue weighted by atomic mass is 10.1. The first-order valence-electron chi connectivity index (χ1n) is 6.65. The molecule has 0 saturated carbocycles. The van der Waals surface area contributed by atoms with Gasteiger partial charge in [-0.25, -0.2) is 0 Å². The molecule has 21 heavy (non-hydrogen) atoms. The molecule has 0 amide bonds. The molecule has 0 radical (unpaired) electrons. The highest BCUT2D eigenvalue weighted by atomic mass is 16.2. The summed E-state index contributed by atoms with van der Waals surface area (Å²) in [6.45, 7) is 1.38. The van der Waals surface area contributed by atoms with Crippen LogP contribution in [0.2, 0.25) is 0 Å². The Balaban J connectivity index is 2.49. The summed E-state index contributed by atoms with van der Waals surface area (Å²) in [4.78, 5) is 36.2. The molecule has 3 aromatic rings. The topological polar surface area (TPSA) is 56.1 Å². The lowest BCUT2D eigenvalue weighted by Crippen LogP contribution is -2.19. The zero-order chi connectivity index (χ0) is 15.0. The number of ketones is 1. The highest BCUT2D eigenvalue weighted by Gasteiger charge is 2.16. The summed E-state index contributed by atoms with van der Waals surface area (Å²) >= 11 is 0. The summed E-state index contributed by atoms with van der Waals surface area (Å²) in [7, 11) is 0. The van der Waals surface area contributed by atoms with Crippen molar-refractivity contribution in [3.63, 3.8) is 0 Å². The number of nitrogens with zero attached hydrogens (tertiary/aromatic N) is 1. The third-order valence-electron chi connectivity index (χ3n) is 3.43. The second kappa shape index (κ2) is 4.98. The van der Waals surface area contributed by atoms with Crippen LogP contribution in [0.5, 0.6) is 0 Å². The van der Waals surface area contributed by atoms with Gasteiger partial charge in [-0.15, -0.1) is 0 Å². The fourth-order valence-electron chi connectivity index (χ4n) is 2.56. The fourth-order valence-corrected chi connectivity index (χ4v) is 2.56. The minimum atomic E-state index is -0.324. The van der Waals surface area contributed by atoms with Crippen LogP contribution >= 0.6 is 0 Å². The standard InChI is InChI=1S/C17H13NO3/c1-11(19)10-16(20)18-14-8-4-2-6-12(14)17(21)13-7-3-5-9-15(13)18/h2-9H,10H2,1H3. The van der Waals surface area contributed by atoms with E-state index < -0.39 is 0 Å². The lowest BCUT2D eigenvalue weighted by molar-refractivity contribution is -0.116. The van der Waals surface area contributed by atoms with Crippen molar-refractivity contribution in [1.29, 1.82) is 0 Å². The molecule has 4 nitrogen and oxygen atoms in total. The van der Waals surface area contributed by atoms with Crippen LogP contribution in [-0.2, 0) is 4.79 Å². The maximum absolute atomic E-state index is 12.5. The number of para-hydroxylation sites is 2. The van der Waals surface area contributed by atoms with Crippen molar-refractivity contribution in [2.75, 3.05) is 0 Å². The lowest BCUT2D eigenvalue weighted by Gasteiger charge is -2.13. The van der Waals surface area contributed by atoms with Crippen molar-refractivity contribution in [2.45, 2.75) is 13.3 Å². The van der Waals surface area contributed by atoms with E-state index in [0.717, 1.165) is 0 Å². The first-order valence-corrected chi connectivity index (χ1v) is 6.65. The second-order valence-electron chi connectivity index (χ2n) is 4.97. The predicted octanol–water partition coefficient (Wildman–Crippen LogP) is 2.77. The van der Waals surface area contributed by atoms with E-state index >= 15 is 0 Å². The van der Waals surface area contributed by atoms with Gasteiger partial charge in [-0.2, -0.15) is 0 Å². The molecule has 2 aromatic carbocycles. The quantitative estimate of drug-likeness (QED) is 0.535. The van der Waals surface area contributed by atoms with E-state index in [-0.39, 0.29) is 23.5 Å². The minimum Gasteiger partial charge on any atom is -0.299 e. The monoisotopic (exact) mass is 279 g/mol. The van der Waals surface area contributed by atoms with Gasteiger partial charge in [-0.3, -0.25) is 19.0 Å². The summed E-state index contributed by atoms with van der Waals surface area (Å²) in [6, 6.07) is 13.9. The van der Waals surface area contributed by atoms with Crippen molar-refractivity contribution >= 4 is 33.5 Å². The molecule has 0 aliphatic heterocycles. The zero-order valence-corrected chi connectivity index (χ0v) is 11.5. The summed E-state index contributed by atoms with van der Waals surface area (Å²) in [5, 5.41) is 0.959. The molecule has 1 aromatic heterocycles. The van der Waals surface area contributed by atoms with E-state index in [9.17, 15) is 14.4 Å². The van der Waals surface area contributed by atoms with Gasteiger partial charge < -0.3 is 0 Å². The van der Waals surface area contributed by atoms with Crippen molar-refractivity contribution < 1.29 is 9.59 Å². The summed E-state index contributed by atoms with van der Waals surface area (Å²) in [5.74, 6) is -0.526. The summed E-state index contributed by atoms with van der Waals surface area (Å²) < 4.78 is 1.47. The summed E-state index contributed by atoms with van der Waals surface area (Å²) in [6.07, 6.45) is -0.184. The highest BCUT2D eigenvalue weighted by Crippen LogP contribution is 2.19. The Morgan fingerprint density at radius 1 is 0.905 bits per heavy atom. The molecule has 3 rings (SSSR count). The smallest absolute Gasteiger partial charge is 0.239 e. The van der Waals surface area contributed by atoms with Gasteiger partial charge in [0.2, 0.25) is 5.91 Å². The van der Waals surface area contributed by atoms with E-state index in [4.69, 9.17) is 0 Å². The third kappa shape index (κ3) is 2.14. The van der Waals surface area contributed by atoms with Crippen LogP contribution in [0, 0.1) is 0 Å². The number of pyridine rings is 1. The van der Waals surface area contributed by atoms with Crippen LogP contribution in [0.4, 0.5) is 0 Å². The Labute approximate surface area is 120 Å². The van der Waals surface area contributed by atoms with Gasteiger partial charge in [0.1, 0.15) is 5.78 Å². The maximum atomic E-state index is 12.5. The molecular weight excluding hydrogens is 266 g/mol. The van der Waals surface area contributed by atoms with Crippen molar-refractivity contribution in [2.24, 2.45) is 0 Å². The molecule has 0 spiro atoms. The molecule has 0 bridgehead atoms. The fraction of sp³-hybridized carbons (Fsp3) is 0.118. The van der Waals surface area contributed by atoms with Crippen LogP contribution in [0.1, 0.15) is 18.1 Å². The number of hydrogen-bond acceptors (Lipinski definition) is 3. The summed E-state index contributed by atoms with van der Waals surface area (Å²) in [5.41, 5.74) is 0.966. The van der Waals surface area contributed by atoms with Gasteiger partial charge in [0.15, 0.2) is 5.43 Å². The zero-order valence-electron chi connectivity index (χ0n) is 11.5.